The standard InChI is InChI=1S/C13H15N3O2/c1-17-10-3-2-9-7-15-13(16-12(9)6-10)18-11-4-5-14-8-11/h2-3,6-7,11,14H,4-5,8H2,1H3/t11-/m1/s1. The Kier molecular flexibility index (Phi) is 2.98. The molecule has 5 heteroatoms. The van der Waals surface area contributed by atoms with Gasteiger partial charge in [-0.1, -0.05) is 0 Å². The number of hydrogen-bond donors (Lipinski definition) is 1. The summed E-state index contributed by atoms with van der Waals surface area (Å²) >= 11 is 0. The van der Waals surface area contributed by atoms with Crippen molar-refractivity contribution in [3.05, 3.63) is 24.4 Å². The molecule has 18 heavy (non-hydrogen) atoms. The van der Waals surface area contributed by atoms with Gasteiger partial charge in [0.2, 0.25) is 0 Å². The van der Waals surface area contributed by atoms with Crippen molar-refractivity contribution < 1.29 is 9.47 Å². The summed E-state index contributed by atoms with van der Waals surface area (Å²) in [5.41, 5.74) is 0.838. The van der Waals surface area contributed by atoms with E-state index in [0.717, 1.165) is 36.2 Å². The second-order valence-electron chi connectivity index (χ2n) is 4.31. The lowest BCUT2D eigenvalue weighted by Gasteiger charge is -2.10. The molecule has 2 heterocycles. The Balaban J connectivity index is 1.88. The number of aromatic nitrogens is 2. The van der Waals surface area contributed by atoms with Crippen LogP contribution in [-0.4, -0.2) is 36.3 Å². The van der Waals surface area contributed by atoms with Crippen molar-refractivity contribution in [3.8, 4) is 11.8 Å². The Morgan fingerprint density at radius 3 is 3.11 bits per heavy atom. The first-order chi connectivity index (χ1) is 8.85. The van der Waals surface area contributed by atoms with Crippen LogP contribution in [0.5, 0.6) is 11.8 Å². The molecule has 1 saturated heterocycles. The molecule has 0 saturated carbocycles. The molecule has 0 bridgehead atoms. The van der Waals surface area contributed by atoms with Crippen molar-refractivity contribution >= 4 is 10.9 Å². The van der Waals surface area contributed by atoms with Crippen molar-refractivity contribution in [1.82, 2.24) is 15.3 Å². The number of fused-ring (bicyclic) bond motifs is 1. The summed E-state index contributed by atoms with van der Waals surface area (Å²) < 4.78 is 10.9. The minimum atomic E-state index is 0.174. The monoisotopic (exact) mass is 245 g/mol. The van der Waals surface area contributed by atoms with E-state index in [-0.39, 0.29) is 6.10 Å². The SMILES string of the molecule is COc1ccc2cnc(O[C@@H]3CCNC3)nc2c1. The number of benzene rings is 1. The fourth-order valence-electron chi connectivity index (χ4n) is 2.05. The van der Waals surface area contributed by atoms with E-state index < -0.39 is 0 Å². The Bertz CT molecular complexity index is 553. The van der Waals surface area contributed by atoms with Crippen molar-refractivity contribution in [3.63, 3.8) is 0 Å². The molecule has 2 aromatic rings. The summed E-state index contributed by atoms with van der Waals surface area (Å²) in [6.45, 7) is 1.85. The number of methoxy groups -OCH3 is 1. The molecule has 0 aliphatic carbocycles. The zero-order valence-corrected chi connectivity index (χ0v) is 10.2. The molecule has 0 amide bonds. The lowest BCUT2D eigenvalue weighted by Crippen LogP contribution is -2.20. The number of hydrogen-bond acceptors (Lipinski definition) is 5. The van der Waals surface area contributed by atoms with Gasteiger partial charge in [0.25, 0.3) is 0 Å². The summed E-state index contributed by atoms with van der Waals surface area (Å²) in [4.78, 5) is 8.63. The maximum atomic E-state index is 5.73. The largest absolute Gasteiger partial charge is 0.497 e. The molecule has 1 aliphatic heterocycles. The average molecular weight is 245 g/mol. The topological polar surface area (TPSA) is 56.3 Å². The molecule has 1 aromatic carbocycles. The number of rotatable bonds is 3. The zero-order chi connectivity index (χ0) is 12.4. The van der Waals surface area contributed by atoms with Crippen molar-refractivity contribution in [2.24, 2.45) is 0 Å². The van der Waals surface area contributed by atoms with E-state index in [1.165, 1.54) is 0 Å². The third-order valence-corrected chi connectivity index (χ3v) is 3.05. The predicted molar refractivity (Wildman–Crippen MR) is 68.0 cm³/mol. The maximum absolute atomic E-state index is 5.73. The van der Waals surface area contributed by atoms with Gasteiger partial charge in [-0.25, -0.2) is 4.98 Å². The van der Waals surface area contributed by atoms with Crippen LogP contribution in [0.25, 0.3) is 10.9 Å². The lowest BCUT2D eigenvalue weighted by atomic mass is 10.2. The third kappa shape index (κ3) is 2.22. The van der Waals surface area contributed by atoms with Gasteiger partial charge in [0.1, 0.15) is 11.9 Å². The van der Waals surface area contributed by atoms with Crippen LogP contribution in [-0.2, 0) is 0 Å². The molecule has 5 nitrogen and oxygen atoms in total. The Morgan fingerprint density at radius 2 is 2.33 bits per heavy atom. The summed E-state index contributed by atoms with van der Waals surface area (Å²) in [5.74, 6) is 0.787. The van der Waals surface area contributed by atoms with E-state index >= 15 is 0 Å². The smallest absolute Gasteiger partial charge is 0.317 e. The van der Waals surface area contributed by atoms with Crippen LogP contribution in [0.15, 0.2) is 24.4 Å². The Morgan fingerprint density at radius 1 is 1.39 bits per heavy atom. The van der Waals surface area contributed by atoms with Crippen molar-refractivity contribution in [1.29, 1.82) is 0 Å². The van der Waals surface area contributed by atoms with Gasteiger partial charge in [0, 0.05) is 24.2 Å². The molecule has 94 valence electrons. The van der Waals surface area contributed by atoms with Gasteiger partial charge in [0.05, 0.1) is 12.6 Å². The molecule has 1 aromatic heterocycles. The van der Waals surface area contributed by atoms with Gasteiger partial charge < -0.3 is 14.8 Å². The quantitative estimate of drug-likeness (QED) is 0.885. The first-order valence-electron chi connectivity index (χ1n) is 6.03. The van der Waals surface area contributed by atoms with Crippen LogP contribution in [0.4, 0.5) is 0 Å². The molecule has 1 aliphatic rings. The molecule has 1 fully saturated rings. The number of ether oxygens (including phenoxy) is 2. The van der Waals surface area contributed by atoms with E-state index in [9.17, 15) is 0 Å². The molecular weight excluding hydrogens is 230 g/mol. The number of nitrogens with one attached hydrogen (secondary N) is 1. The summed E-state index contributed by atoms with van der Waals surface area (Å²) in [7, 11) is 1.64. The highest BCUT2D eigenvalue weighted by Gasteiger charge is 2.17. The van der Waals surface area contributed by atoms with Crippen LogP contribution in [0.2, 0.25) is 0 Å². The van der Waals surface area contributed by atoms with Gasteiger partial charge in [-0.3, -0.25) is 0 Å². The van der Waals surface area contributed by atoms with Gasteiger partial charge in [-0.15, -0.1) is 0 Å². The van der Waals surface area contributed by atoms with E-state index in [2.05, 4.69) is 15.3 Å². The maximum Gasteiger partial charge on any atom is 0.317 e. The molecule has 0 spiro atoms. The molecular formula is C13H15N3O2. The van der Waals surface area contributed by atoms with Crippen molar-refractivity contribution in [2.45, 2.75) is 12.5 Å². The highest BCUT2D eigenvalue weighted by molar-refractivity contribution is 5.79. The van der Waals surface area contributed by atoms with E-state index in [0.29, 0.717) is 6.01 Å². The van der Waals surface area contributed by atoms with E-state index in [1.807, 2.05) is 18.2 Å². The van der Waals surface area contributed by atoms with Crippen LogP contribution in [0.1, 0.15) is 6.42 Å². The minimum Gasteiger partial charge on any atom is -0.497 e. The summed E-state index contributed by atoms with van der Waals surface area (Å²) in [5, 5.41) is 4.23. The lowest BCUT2D eigenvalue weighted by molar-refractivity contribution is 0.205. The van der Waals surface area contributed by atoms with E-state index in [4.69, 9.17) is 9.47 Å². The molecule has 0 radical (unpaired) electrons. The first-order valence-corrected chi connectivity index (χ1v) is 6.03. The van der Waals surface area contributed by atoms with Gasteiger partial charge in [-0.05, 0) is 25.1 Å². The highest BCUT2D eigenvalue weighted by atomic mass is 16.5. The molecule has 3 rings (SSSR count). The van der Waals surface area contributed by atoms with E-state index in [1.54, 1.807) is 13.3 Å². The Hall–Kier alpha value is -1.88. The minimum absolute atomic E-state index is 0.174. The van der Waals surface area contributed by atoms with Crippen LogP contribution < -0.4 is 14.8 Å². The van der Waals surface area contributed by atoms with Crippen molar-refractivity contribution in [2.75, 3.05) is 20.2 Å². The highest BCUT2D eigenvalue weighted by Crippen LogP contribution is 2.20. The molecule has 1 atom stereocenters. The normalized spacial score (nSPS) is 19.1. The summed E-state index contributed by atoms with van der Waals surface area (Å²) in [6.07, 6.45) is 2.95. The predicted octanol–water partition coefficient (Wildman–Crippen LogP) is 1.38. The second-order valence-corrected chi connectivity index (χ2v) is 4.31. The van der Waals surface area contributed by atoms with Crippen LogP contribution >= 0.6 is 0 Å². The first kappa shape index (κ1) is 11.2. The second kappa shape index (κ2) is 4.78. The van der Waals surface area contributed by atoms with Crippen LogP contribution in [0, 0.1) is 0 Å². The number of nitrogens with zero attached hydrogens (tertiary/aromatic N) is 2. The third-order valence-electron chi connectivity index (χ3n) is 3.05. The molecule has 0 unspecified atom stereocenters. The van der Waals surface area contributed by atoms with Crippen LogP contribution in [0.3, 0.4) is 0 Å². The fourth-order valence-corrected chi connectivity index (χ4v) is 2.05. The Labute approximate surface area is 105 Å². The fraction of sp³-hybridized carbons (Fsp3) is 0.385. The average Bonchev–Trinajstić information content (AvgIpc) is 2.90. The molecule has 1 N–H and O–H groups in total. The van der Waals surface area contributed by atoms with Gasteiger partial charge in [0.15, 0.2) is 0 Å². The zero-order valence-electron chi connectivity index (χ0n) is 10.2. The van der Waals surface area contributed by atoms with Gasteiger partial charge >= 0.3 is 6.01 Å². The summed E-state index contributed by atoms with van der Waals surface area (Å²) in [6, 6.07) is 6.16. The van der Waals surface area contributed by atoms with Gasteiger partial charge in [-0.2, -0.15) is 4.98 Å².